The summed E-state index contributed by atoms with van der Waals surface area (Å²) in [7, 11) is 0. The molecular formula is C14H18BrNO2. The average molecular weight is 312 g/mol. The molecule has 0 saturated carbocycles. The number of hydrogen-bond donors (Lipinski definition) is 1. The van der Waals surface area contributed by atoms with E-state index in [0.29, 0.717) is 25.7 Å². The molecule has 1 aliphatic rings. The Kier molecular flexibility index (Phi) is 4.30. The van der Waals surface area contributed by atoms with Crippen LogP contribution in [-0.4, -0.2) is 19.8 Å². The van der Waals surface area contributed by atoms with Crippen molar-refractivity contribution in [2.24, 2.45) is 11.7 Å². The standard InChI is InChI=1S/C14H18BrNO2/c1-9(2)11(8-16)5-10-6-12(15)14-13(7-10)17-3-4-18-14/h5-7,9H,3-4,8,16H2,1-2H3. The minimum Gasteiger partial charge on any atom is -0.486 e. The van der Waals surface area contributed by atoms with Crippen molar-refractivity contribution in [3.8, 4) is 11.5 Å². The molecular weight excluding hydrogens is 294 g/mol. The van der Waals surface area contributed by atoms with E-state index in [0.717, 1.165) is 21.5 Å². The van der Waals surface area contributed by atoms with Crippen molar-refractivity contribution >= 4 is 22.0 Å². The molecule has 1 aromatic carbocycles. The highest BCUT2D eigenvalue weighted by molar-refractivity contribution is 9.10. The lowest BCUT2D eigenvalue weighted by Gasteiger charge is -2.20. The number of rotatable bonds is 3. The van der Waals surface area contributed by atoms with Crippen molar-refractivity contribution in [3.63, 3.8) is 0 Å². The number of benzene rings is 1. The maximum atomic E-state index is 5.76. The fourth-order valence-electron chi connectivity index (χ4n) is 1.89. The van der Waals surface area contributed by atoms with Gasteiger partial charge in [0.25, 0.3) is 0 Å². The largest absolute Gasteiger partial charge is 0.486 e. The molecule has 1 aromatic rings. The van der Waals surface area contributed by atoms with Crippen molar-refractivity contribution < 1.29 is 9.47 Å². The topological polar surface area (TPSA) is 44.5 Å². The molecule has 0 saturated heterocycles. The molecule has 18 heavy (non-hydrogen) atoms. The zero-order valence-electron chi connectivity index (χ0n) is 10.7. The number of nitrogens with two attached hydrogens (primary N) is 1. The lowest BCUT2D eigenvalue weighted by Crippen LogP contribution is -2.15. The smallest absolute Gasteiger partial charge is 0.175 e. The predicted molar refractivity (Wildman–Crippen MR) is 77.0 cm³/mol. The van der Waals surface area contributed by atoms with Gasteiger partial charge in [-0.15, -0.1) is 0 Å². The summed E-state index contributed by atoms with van der Waals surface area (Å²) in [5.41, 5.74) is 8.07. The summed E-state index contributed by atoms with van der Waals surface area (Å²) in [4.78, 5) is 0. The zero-order chi connectivity index (χ0) is 13.1. The molecule has 1 aliphatic heterocycles. The summed E-state index contributed by atoms with van der Waals surface area (Å²) in [5.74, 6) is 2.03. The van der Waals surface area contributed by atoms with E-state index in [9.17, 15) is 0 Å². The molecule has 0 unspecified atom stereocenters. The number of fused-ring (bicyclic) bond motifs is 1. The Balaban J connectivity index is 2.38. The summed E-state index contributed by atoms with van der Waals surface area (Å²) < 4.78 is 12.1. The summed E-state index contributed by atoms with van der Waals surface area (Å²) in [5, 5.41) is 0. The van der Waals surface area contributed by atoms with Crippen LogP contribution in [0.3, 0.4) is 0 Å². The SMILES string of the molecule is CC(C)C(=Cc1cc(Br)c2c(c1)OCCO2)CN. The van der Waals surface area contributed by atoms with E-state index >= 15 is 0 Å². The van der Waals surface area contributed by atoms with Gasteiger partial charge < -0.3 is 15.2 Å². The second kappa shape index (κ2) is 5.76. The maximum Gasteiger partial charge on any atom is 0.175 e. The second-order valence-corrected chi connectivity index (χ2v) is 5.46. The number of hydrogen-bond acceptors (Lipinski definition) is 3. The maximum absolute atomic E-state index is 5.76. The van der Waals surface area contributed by atoms with Crippen LogP contribution in [0.25, 0.3) is 6.08 Å². The van der Waals surface area contributed by atoms with E-state index in [1.54, 1.807) is 0 Å². The zero-order valence-corrected chi connectivity index (χ0v) is 12.3. The third-order valence-corrected chi connectivity index (χ3v) is 3.54. The van der Waals surface area contributed by atoms with Crippen molar-refractivity contribution in [1.29, 1.82) is 0 Å². The van der Waals surface area contributed by atoms with Crippen molar-refractivity contribution in [1.82, 2.24) is 0 Å². The monoisotopic (exact) mass is 311 g/mol. The first-order valence-electron chi connectivity index (χ1n) is 6.11. The van der Waals surface area contributed by atoms with Gasteiger partial charge in [-0.3, -0.25) is 0 Å². The predicted octanol–water partition coefficient (Wildman–Crippen LogP) is 3.22. The van der Waals surface area contributed by atoms with E-state index in [4.69, 9.17) is 15.2 Å². The van der Waals surface area contributed by atoms with E-state index in [-0.39, 0.29) is 0 Å². The molecule has 0 aliphatic carbocycles. The Labute approximate surface area is 116 Å². The van der Waals surface area contributed by atoms with Crippen LogP contribution in [0.15, 0.2) is 22.2 Å². The number of ether oxygens (including phenoxy) is 2. The fourth-order valence-corrected chi connectivity index (χ4v) is 2.46. The fraction of sp³-hybridized carbons (Fsp3) is 0.429. The van der Waals surface area contributed by atoms with Gasteiger partial charge in [0.05, 0.1) is 4.47 Å². The molecule has 98 valence electrons. The molecule has 0 radical (unpaired) electrons. The Morgan fingerprint density at radius 3 is 2.78 bits per heavy atom. The van der Waals surface area contributed by atoms with E-state index in [1.165, 1.54) is 5.57 Å². The lowest BCUT2D eigenvalue weighted by atomic mass is 10.0. The molecule has 4 heteroatoms. The molecule has 0 spiro atoms. The molecule has 0 bridgehead atoms. The van der Waals surface area contributed by atoms with Gasteiger partial charge in [-0.2, -0.15) is 0 Å². The highest BCUT2D eigenvalue weighted by atomic mass is 79.9. The molecule has 0 atom stereocenters. The van der Waals surface area contributed by atoms with E-state index in [2.05, 4.69) is 35.9 Å². The van der Waals surface area contributed by atoms with Gasteiger partial charge in [0.15, 0.2) is 11.5 Å². The van der Waals surface area contributed by atoms with Crippen LogP contribution in [0.2, 0.25) is 0 Å². The molecule has 0 aromatic heterocycles. The van der Waals surface area contributed by atoms with Crippen LogP contribution in [0.1, 0.15) is 19.4 Å². The first kappa shape index (κ1) is 13.4. The average Bonchev–Trinajstić information content (AvgIpc) is 2.35. The van der Waals surface area contributed by atoms with Crippen molar-refractivity contribution in [2.45, 2.75) is 13.8 Å². The highest BCUT2D eigenvalue weighted by Crippen LogP contribution is 2.39. The Hall–Kier alpha value is -1.00. The van der Waals surface area contributed by atoms with Crippen LogP contribution in [0.5, 0.6) is 11.5 Å². The molecule has 2 rings (SSSR count). The molecule has 1 heterocycles. The summed E-state index contributed by atoms with van der Waals surface area (Å²) in [6.45, 7) is 6.06. The first-order valence-corrected chi connectivity index (χ1v) is 6.90. The van der Waals surface area contributed by atoms with Crippen LogP contribution >= 0.6 is 15.9 Å². The van der Waals surface area contributed by atoms with Gasteiger partial charge in [-0.1, -0.05) is 25.5 Å². The normalized spacial score (nSPS) is 15.1. The van der Waals surface area contributed by atoms with Crippen LogP contribution in [0.4, 0.5) is 0 Å². The molecule has 0 fully saturated rings. The Bertz CT molecular complexity index is 469. The Morgan fingerprint density at radius 2 is 2.11 bits per heavy atom. The first-order chi connectivity index (χ1) is 8.61. The number of halogens is 1. The minimum absolute atomic E-state index is 0.446. The molecule has 3 nitrogen and oxygen atoms in total. The van der Waals surface area contributed by atoms with Crippen molar-refractivity contribution in [3.05, 3.63) is 27.7 Å². The summed E-state index contributed by atoms with van der Waals surface area (Å²) in [6, 6.07) is 4.03. The van der Waals surface area contributed by atoms with Gasteiger partial charge in [-0.05, 0) is 39.5 Å². The Morgan fingerprint density at radius 1 is 1.39 bits per heavy atom. The molecule has 2 N–H and O–H groups in total. The lowest BCUT2D eigenvalue weighted by molar-refractivity contribution is 0.170. The van der Waals surface area contributed by atoms with E-state index in [1.807, 2.05) is 12.1 Å². The van der Waals surface area contributed by atoms with Gasteiger partial charge in [0.2, 0.25) is 0 Å². The van der Waals surface area contributed by atoms with Crippen LogP contribution in [0, 0.1) is 5.92 Å². The summed E-state index contributed by atoms with van der Waals surface area (Å²) in [6.07, 6.45) is 2.12. The van der Waals surface area contributed by atoms with Gasteiger partial charge in [0.1, 0.15) is 13.2 Å². The third-order valence-electron chi connectivity index (χ3n) is 2.95. The quantitative estimate of drug-likeness (QED) is 0.932. The van der Waals surface area contributed by atoms with Gasteiger partial charge in [0, 0.05) is 6.54 Å². The van der Waals surface area contributed by atoms with Crippen LogP contribution in [-0.2, 0) is 0 Å². The third kappa shape index (κ3) is 2.87. The summed E-state index contributed by atoms with van der Waals surface area (Å²) >= 11 is 3.52. The molecule has 0 amide bonds. The van der Waals surface area contributed by atoms with Gasteiger partial charge in [-0.25, -0.2) is 0 Å². The highest BCUT2D eigenvalue weighted by Gasteiger charge is 2.16. The minimum atomic E-state index is 0.446. The van der Waals surface area contributed by atoms with Crippen LogP contribution < -0.4 is 15.2 Å². The second-order valence-electron chi connectivity index (χ2n) is 4.60. The van der Waals surface area contributed by atoms with E-state index < -0.39 is 0 Å². The van der Waals surface area contributed by atoms with Crippen molar-refractivity contribution in [2.75, 3.05) is 19.8 Å². The van der Waals surface area contributed by atoms with Gasteiger partial charge >= 0.3 is 0 Å².